The van der Waals surface area contributed by atoms with Crippen LogP contribution < -0.4 is 11.2 Å². The Kier molecular flexibility index (Phi) is 3.39. The molecule has 0 amide bonds. The van der Waals surface area contributed by atoms with E-state index in [9.17, 15) is 0 Å². The third-order valence-corrected chi connectivity index (χ3v) is 4.03. The Morgan fingerprint density at radius 3 is 2.11 bits per heavy atom. The summed E-state index contributed by atoms with van der Waals surface area (Å²) in [6.07, 6.45) is 0. The average Bonchev–Trinajstić information content (AvgIpc) is 2.47. The van der Waals surface area contributed by atoms with Crippen molar-refractivity contribution in [2.45, 2.75) is 58.7 Å². The van der Waals surface area contributed by atoms with Crippen LogP contribution in [0.2, 0.25) is 0 Å². The summed E-state index contributed by atoms with van der Waals surface area (Å²) < 4.78 is 12.2. The van der Waals surface area contributed by atoms with E-state index in [4.69, 9.17) is 15.0 Å². The lowest BCUT2D eigenvalue weighted by molar-refractivity contribution is 0.00578. The van der Waals surface area contributed by atoms with Gasteiger partial charge in [0.05, 0.1) is 11.2 Å². The van der Waals surface area contributed by atoms with Gasteiger partial charge in [0.25, 0.3) is 0 Å². The van der Waals surface area contributed by atoms with E-state index in [2.05, 4.69) is 18.8 Å². The second-order valence-electron chi connectivity index (χ2n) is 6.45. The molecule has 2 N–H and O–H groups in total. The van der Waals surface area contributed by atoms with Crippen LogP contribution in [0.5, 0.6) is 0 Å². The fourth-order valence-corrected chi connectivity index (χ4v) is 2.13. The van der Waals surface area contributed by atoms with Crippen LogP contribution >= 0.6 is 0 Å². The van der Waals surface area contributed by atoms with Crippen LogP contribution in [0.1, 0.15) is 53.2 Å². The lowest BCUT2D eigenvalue weighted by atomic mass is 9.76. The van der Waals surface area contributed by atoms with Crippen molar-refractivity contribution in [1.82, 2.24) is 4.98 Å². The van der Waals surface area contributed by atoms with Gasteiger partial charge in [0.15, 0.2) is 0 Å². The summed E-state index contributed by atoms with van der Waals surface area (Å²) in [6, 6.07) is 3.76. The first-order chi connectivity index (χ1) is 8.64. The van der Waals surface area contributed by atoms with E-state index in [-0.39, 0.29) is 24.2 Å². The Labute approximate surface area is 115 Å². The topological polar surface area (TPSA) is 57.4 Å². The van der Waals surface area contributed by atoms with Gasteiger partial charge in [-0.2, -0.15) is 0 Å². The minimum atomic E-state index is -0.379. The van der Waals surface area contributed by atoms with Crippen molar-refractivity contribution in [2.24, 2.45) is 0 Å². The standard InChI is InChI=1S/C14H23BN2O2/c1-9(2)12-10(7-8-11(16)17-12)15-18-13(3,4)14(5,6)19-15/h7-9H,1-6H3,(H2,16,17). The molecule has 0 aliphatic carbocycles. The van der Waals surface area contributed by atoms with E-state index in [1.807, 2.05) is 33.8 Å². The van der Waals surface area contributed by atoms with Crippen molar-refractivity contribution in [1.29, 1.82) is 0 Å². The van der Waals surface area contributed by atoms with Gasteiger partial charge >= 0.3 is 7.12 Å². The predicted molar refractivity (Wildman–Crippen MR) is 78.5 cm³/mol. The SMILES string of the molecule is CC(C)c1nc(N)ccc1B1OC(C)(C)C(C)(C)O1. The first-order valence-electron chi connectivity index (χ1n) is 6.76. The van der Waals surface area contributed by atoms with Crippen LogP contribution in [0.15, 0.2) is 12.1 Å². The highest BCUT2D eigenvalue weighted by molar-refractivity contribution is 6.62. The molecule has 0 bridgehead atoms. The number of rotatable bonds is 2. The van der Waals surface area contributed by atoms with Crippen LogP contribution in [0, 0.1) is 0 Å². The molecule has 104 valence electrons. The molecule has 0 unspecified atom stereocenters. The normalized spacial score (nSPS) is 21.1. The van der Waals surface area contributed by atoms with E-state index >= 15 is 0 Å². The Morgan fingerprint density at radius 1 is 1.11 bits per heavy atom. The van der Waals surface area contributed by atoms with Gasteiger partial charge in [0.1, 0.15) is 5.82 Å². The molecule has 1 aliphatic rings. The van der Waals surface area contributed by atoms with Crippen LogP contribution in [-0.2, 0) is 9.31 Å². The van der Waals surface area contributed by atoms with Gasteiger partial charge in [-0.25, -0.2) is 4.98 Å². The quantitative estimate of drug-likeness (QED) is 0.829. The van der Waals surface area contributed by atoms with Gasteiger partial charge in [0.2, 0.25) is 0 Å². The molecule has 0 spiro atoms. The number of pyridine rings is 1. The van der Waals surface area contributed by atoms with Crippen molar-refractivity contribution < 1.29 is 9.31 Å². The number of anilines is 1. The first-order valence-corrected chi connectivity index (χ1v) is 6.76. The molecule has 0 atom stereocenters. The summed E-state index contributed by atoms with van der Waals surface area (Å²) in [7, 11) is -0.379. The molecule has 0 saturated carbocycles. The maximum Gasteiger partial charge on any atom is 0.496 e. The Balaban J connectivity index is 2.39. The smallest absolute Gasteiger partial charge is 0.399 e. The molecule has 0 aromatic carbocycles. The number of hydrogen-bond acceptors (Lipinski definition) is 4. The van der Waals surface area contributed by atoms with E-state index in [0.717, 1.165) is 11.2 Å². The van der Waals surface area contributed by atoms with Crippen molar-refractivity contribution in [3.63, 3.8) is 0 Å². The van der Waals surface area contributed by atoms with Gasteiger partial charge in [-0.15, -0.1) is 0 Å². The molecular weight excluding hydrogens is 239 g/mol. The van der Waals surface area contributed by atoms with Gasteiger partial charge in [-0.1, -0.05) is 19.9 Å². The highest BCUT2D eigenvalue weighted by Crippen LogP contribution is 2.36. The number of nitrogens with zero attached hydrogens (tertiary/aromatic N) is 1. The van der Waals surface area contributed by atoms with Crippen molar-refractivity contribution in [3.05, 3.63) is 17.8 Å². The monoisotopic (exact) mass is 262 g/mol. The third kappa shape index (κ3) is 2.49. The lowest BCUT2D eigenvalue weighted by Crippen LogP contribution is -2.41. The second-order valence-corrected chi connectivity index (χ2v) is 6.45. The molecule has 2 rings (SSSR count). The zero-order chi connectivity index (χ0) is 14.4. The summed E-state index contributed by atoms with van der Waals surface area (Å²) in [4.78, 5) is 4.43. The molecule has 1 aliphatic heterocycles. The Bertz CT molecular complexity index is 470. The molecule has 2 heterocycles. The second kappa shape index (κ2) is 4.49. The Hall–Kier alpha value is -1.07. The van der Waals surface area contributed by atoms with Gasteiger partial charge in [-0.3, -0.25) is 0 Å². The fraction of sp³-hybridized carbons (Fsp3) is 0.643. The minimum absolute atomic E-state index is 0.275. The van der Waals surface area contributed by atoms with Crippen LogP contribution in [0.25, 0.3) is 0 Å². The molecule has 1 saturated heterocycles. The maximum atomic E-state index is 6.08. The molecule has 1 aromatic heterocycles. The number of aromatic nitrogens is 1. The van der Waals surface area contributed by atoms with Crippen molar-refractivity contribution in [2.75, 3.05) is 5.73 Å². The van der Waals surface area contributed by atoms with Crippen LogP contribution in [0.3, 0.4) is 0 Å². The molecule has 0 radical (unpaired) electrons. The van der Waals surface area contributed by atoms with E-state index in [0.29, 0.717) is 5.82 Å². The molecular formula is C14H23BN2O2. The minimum Gasteiger partial charge on any atom is -0.399 e. The molecule has 1 aromatic rings. The summed E-state index contributed by atoms with van der Waals surface area (Å²) in [5, 5.41) is 0. The van der Waals surface area contributed by atoms with Crippen molar-refractivity contribution in [3.8, 4) is 0 Å². The number of nitrogens with two attached hydrogens (primary N) is 1. The molecule has 5 heteroatoms. The Morgan fingerprint density at radius 2 is 1.63 bits per heavy atom. The molecule has 19 heavy (non-hydrogen) atoms. The summed E-state index contributed by atoms with van der Waals surface area (Å²) in [6.45, 7) is 12.4. The number of nitrogen functional groups attached to an aromatic ring is 1. The average molecular weight is 262 g/mol. The number of hydrogen-bond donors (Lipinski definition) is 1. The zero-order valence-corrected chi connectivity index (χ0v) is 12.7. The molecule has 1 fully saturated rings. The van der Waals surface area contributed by atoms with E-state index < -0.39 is 0 Å². The van der Waals surface area contributed by atoms with E-state index in [1.54, 1.807) is 6.07 Å². The third-order valence-electron chi connectivity index (χ3n) is 4.03. The first kappa shape index (κ1) is 14.3. The fourth-order valence-electron chi connectivity index (χ4n) is 2.13. The highest BCUT2D eigenvalue weighted by Gasteiger charge is 2.52. The van der Waals surface area contributed by atoms with Crippen LogP contribution in [0.4, 0.5) is 5.82 Å². The summed E-state index contributed by atoms with van der Waals surface area (Å²) in [5.41, 5.74) is 7.02. The van der Waals surface area contributed by atoms with Gasteiger partial charge in [-0.05, 0) is 39.7 Å². The largest absolute Gasteiger partial charge is 0.496 e. The van der Waals surface area contributed by atoms with Gasteiger partial charge in [0, 0.05) is 11.2 Å². The summed E-state index contributed by atoms with van der Waals surface area (Å²) in [5.74, 6) is 0.807. The van der Waals surface area contributed by atoms with Crippen LogP contribution in [-0.4, -0.2) is 23.3 Å². The zero-order valence-electron chi connectivity index (χ0n) is 12.7. The van der Waals surface area contributed by atoms with E-state index in [1.165, 1.54) is 0 Å². The molecule has 4 nitrogen and oxygen atoms in total. The van der Waals surface area contributed by atoms with Crippen molar-refractivity contribution >= 4 is 18.4 Å². The summed E-state index contributed by atoms with van der Waals surface area (Å²) >= 11 is 0. The maximum absolute atomic E-state index is 6.08. The predicted octanol–water partition coefficient (Wildman–Crippen LogP) is 2.09. The highest BCUT2D eigenvalue weighted by atomic mass is 16.7. The van der Waals surface area contributed by atoms with Gasteiger partial charge < -0.3 is 15.0 Å². The lowest BCUT2D eigenvalue weighted by Gasteiger charge is -2.32.